The van der Waals surface area contributed by atoms with Gasteiger partial charge in [0.1, 0.15) is 5.56 Å². The molecule has 0 unspecified atom stereocenters. The molecule has 27 heavy (non-hydrogen) atoms. The molecule has 0 aliphatic carbocycles. The summed E-state index contributed by atoms with van der Waals surface area (Å²) in [4.78, 5) is 27.7. The molecule has 0 spiro atoms. The van der Waals surface area contributed by atoms with E-state index in [0.29, 0.717) is 30.0 Å². The molecule has 0 radical (unpaired) electrons. The van der Waals surface area contributed by atoms with E-state index in [1.165, 1.54) is 0 Å². The standard InChI is InChI=1S/C21H22N2O4/c1-13-15-6-4-5-7-16(15)23-21(25)19(13)20(24)22-11-10-14-8-9-17(26-2)18(12-14)27-3/h4-9,12H,10-11H2,1-3H3,(H,22,24)(H,23,25). The first-order valence-electron chi connectivity index (χ1n) is 8.66. The number of carbonyl (C=O) groups excluding carboxylic acids is 1. The van der Waals surface area contributed by atoms with E-state index >= 15 is 0 Å². The van der Waals surface area contributed by atoms with Crippen LogP contribution in [0.4, 0.5) is 0 Å². The number of ether oxygens (including phenoxy) is 2. The van der Waals surface area contributed by atoms with E-state index in [-0.39, 0.29) is 17.0 Å². The molecule has 1 heterocycles. The van der Waals surface area contributed by atoms with Gasteiger partial charge in [0.25, 0.3) is 11.5 Å². The highest BCUT2D eigenvalue weighted by molar-refractivity contribution is 5.99. The number of nitrogens with one attached hydrogen (secondary N) is 2. The highest BCUT2D eigenvalue weighted by atomic mass is 16.5. The molecule has 0 saturated carbocycles. The third-order valence-electron chi connectivity index (χ3n) is 4.56. The van der Waals surface area contributed by atoms with Crippen molar-refractivity contribution in [3.63, 3.8) is 0 Å². The van der Waals surface area contributed by atoms with Crippen LogP contribution in [0, 0.1) is 6.92 Å². The van der Waals surface area contributed by atoms with Crippen LogP contribution in [0.25, 0.3) is 10.9 Å². The van der Waals surface area contributed by atoms with Crippen molar-refractivity contribution in [1.29, 1.82) is 0 Å². The second kappa shape index (κ2) is 7.95. The molecule has 0 fully saturated rings. The number of rotatable bonds is 6. The topological polar surface area (TPSA) is 80.4 Å². The Labute approximate surface area is 157 Å². The molecule has 140 valence electrons. The Hall–Kier alpha value is -3.28. The van der Waals surface area contributed by atoms with Gasteiger partial charge in [-0.3, -0.25) is 9.59 Å². The lowest BCUT2D eigenvalue weighted by molar-refractivity contribution is 0.0952. The summed E-state index contributed by atoms with van der Waals surface area (Å²) in [5, 5.41) is 3.69. The van der Waals surface area contributed by atoms with Crippen LogP contribution in [-0.4, -0.2) is 31.7 Å². The minimum atomic E-state index is -0.380. The van der Waals surface area contributed by atoms with Gasteiger partial charge in [-0.2, -0.15) is 0 Å². The Morgan fingerprint density at radius 3 is 2.56 bits per heavy atom. The summed E-state index contributed by atoms with van der Waals surface area (Å²) in [7, 11) is 3.17. The van der Waals surface area contributed by atoms with Gasteiger partial charge in [-0.1, -0.05) is 24.3 Å². The monoisotopic (exact) mass is 366 g/mol. The van der Waals surface area contributed by atoms with Gasteiger partial charge < -0.3 is 19.8 Å². The van der Waals surface area contributed by atoms with E-state index in [0.717, 1.165) is 16.5 Å². The van der Waals surface area contributed by atoms with Crippen LogP contribution in [-0.2, 0) is 6.42 Å². The van der Waals surface area contributed by atoms with Crippen molar-refractivity contribution in [3.05, 3.63) is 69.5 Å². The quantitative estimate of drug-likeness (QED) is 0.703. The molecule has 2 aromatic carbocycles. The van der Waals surface area contributed by atoms with Crippen molar-refractivity contribution in [2.24, 2.45) is 0 Å². The molecule has 3 aromatic rings. The lowest BCUT2D eigenvalue weighted by Gasteiger charge is -2.11. The molecule has 1 aromatic heterocycles. The number of amides is 1. The van der Waals surface area contributed by atoms with Crippen LogP contribution in [0.3, 0.4) is 0 Å². The van der Waals surface area contributed by atoms with Crippen molar-refractivity contribution in [3.8, 4) is 11.5 Å². The van der Waals surface area contributed by atoms with Crippen LogP contribution >= 0.6 is 0 Å². The molecule has 6 heteroatoms. The maximum absolute atomic E-state index is 12.6. The number of aromatic nitrogens is 1. The van der Waals surface area contributed by atoms with E-state index in [1.807, 2.05) is 42.5 Å². The fourth-order valence-corrected chi connectivity index (χ4v) is 3.13. The summed E-state index contributed by atoms with van der Waals surface area (Å²) < 4.78 is 10.5. The smallest absolute Gasteiger partial charge is 0.261 e. The minimum absolute atomic E-state index is 0.154. The third-order valence-corrected chi connectivity index (χ3v) is 4.56. The zero-order valence-electron chi connectivity index (χ0n) is 15.6. The molecule has 2 N–H and O–H groups in total. The number of fused-ring (bicyclic) bond motifs is 1. The number of para-hydroxylation sites is 1. The number of hydrogen-bond acceptors (Lipinski definition) is 4. The van der Waals surface area contributed by atoms with Crippen molar-refractivity contribution in [1.82, 2.24) is 10.3 Å². The van der Waals surface area contributed by atoms with E-state index < -0.39 is 0 Å². The van der Waals surface area contributed by atoms with Gasteiger partial charge in [0.15, 0.2) is 11.5 Å². The Bertz CT molecular complexity index is 1040. The Kier molecular flexibility index (Phi) is 5.45. The van der Waals surface area contributed by atoms with E-state index in [9.17, 15) is 9.59 Å². The Balaban J connectivity index is 1.73. The maximum Gasteiger partial charge on any atom is 0.261 e. The minimum Gasteiger partial charge on any atom is -0.493 e. The van der Waals surface area contributed by atoms with Gasteiger partial charge in [-0.05, 0) is 42.7 Å². The molecule has 0 aliphatic heterocycles. The average molecular weight is 366 g/mol. The summed E-state index contributed by atoms with van der Waals surface area (Å²) >= 11 is 0. The van der Waals surface area contributed by atoms with Crippen molar-refractivity contribution >= 4 is 16.8 Å². The number of H-pyrrole nitrogens is 1. The van der Waals surface area contributed by atoms with Crippen molar-refractivity contribution in [2.75, 3.05) is 20.8 Å². The lowest BCUT2D eigenvalue weighted by Crippen LogP contribution is -2.32. The number of benzene rings is 2. The normalized spacial score (nSPS) is 10.6. The SMILES string of the molecule is COc1ccc(CCNC(=O)c2c(C)c3ccccc3[nH]c2=O)cc1OC. The van der Waals surface area contributed by atoms with Gasteiger partial charge in [-0.25, -0.2) is 0 Å². The first-order chi connectivity index (χ1) is 13.0. The van der Waals surface area contributed by atoms with Gasteiger partial charge in [0, 0.05) is 17.4 Å². The van der Waals surface area contributed by atoms with E-state index in [1.54, 1.807) is 21.1 Å². The highest BCUT2D eigenvalue weighted by Crippen LogP contribution is 2.27. The predicted molar refractivity (Wildman–Crippen MR) is 105 cm³/mol. The molecule has 6 nitrogen and oxygen atoms in total. The predicted octanol–water partition coefficient (Wildman–Crippen LogP) is 2.83. The van der Waals surface area contributed by atoms with Gasteiger partial charge >= 0.3 is 0 Å². The van der Waals surface area contributed by atoms with Crippen LogP contribution in [0.2, 0.25) is 0 Å². The maximum atomic E-state index is 12.6. The number of pyridine rings is 1. The summed E-state index contributed by atoms with van der Waals surface area (Å²) in [5.41, 5.74) is 2.17. The zero-order chi connectivity index (χ0) is 19.4. The summed E-state index contributed by atoms with van der Waals surface area (Å²) in [6, 6.07) is 13.1. The Morgan fingerprint density at radius 2 is 1.81 bits per heavy atom. The molecular formula is C21H22N2O4. The number of aryl methyl sites for hydroxylation is 1. The number of hydrogen-bond donors (Lipinski definition) is 2. The van der Waals surface area contributed by atoms with Crippen LogP contribution in [0.5, 0.6) is 11.5 Å². The molecule has 1 amide bonds. The first kappa shape index (κ1) is 18.5. The molecule has 0 aliphatic rings. The molecular weight excluding hydrogens is 344 g/mol. The van der Waals surface area contributed by atoms with E-state index in [4.69, 9.17) is 9.47 Å². The third kappa shape index (κ3) is 3.79. The number of aromatic amines is 1. The van der Waals surface area contributed by atoms with Crippen LogP contribution < -0.4 is 20.3 Å². The molecule has 0 atom stereocenters. The fraction of sp³-hybridized carbons (Fsp3) is 0.238. The summed E-state index contributed by atoms with van der Waals surface area (Å²) in [5.74, 6) is 0.923. The average Bonchev–Trinajstić information content (AvgIpc) is 2.67. The second-order valence-corrected chi connectivity index (χ2v) is 6.19. The summed E-state index contributed by atoms with van der Waals surface area (Å²) in [6.45, 7) is 2.20. The Morgan fingerprint density at radius 1 is 1.07 bits per heavy atom. The van der Waals surface area contributed by atoms with E-state index in [2.05, 4.69) is 10.3 Å². The molecule has 0 bridgehead atoms. The summed E-state index contributed by atoms with van der Waals surface area (Å²) in [6.07, 6.45) is 0.608. The van der Waals surface area contributed by atoms with Gasteiger partial charge in [0.2, 0.25) is 0 Å². The number of carbonyl (C=O) groups is 1. The van der Waals surface area contributed by atoms with Gasteiger partial charge in [-0.15, -0.1) is 0 Å². The van der Waals surface area contributed by atoms with Crippen LogP contribution in [0.1, 0.15) is 21.5 Å². The van der Waals surface area contributed by atoms with Crippen molar-refractivity contribution < 1.29 is 14.3 Å². The lowest BCUT2D eigenvalue weighted by atomic mass is 10.0. The zero-order valence-corrected chi connectivity index (χ0v) is 15.6. The fourth-order valence-electron chi connectivity index (χ4n) is 3.13. The van der Waals surface area contributed by atoms with Crippen molar-refractivity contribution in [2.45, 2.75) is 13.3 Å². The largest absolute Gasteiger partial charge is 0.493 e. The van der Waals surface area contributed by atoms with Crippen LogP contribution in [0.15, 0.2) is 47.3 Å². The second-order valence-electron chi connectivity index (χ2n) is 6.19. The molecule has 0 saturated heterocycles. The number of methoxy groups -OCH3 is 2. The molecule has 3 rings (SSSR count). The van der Waals surface area contributed by atoms with Gasteiger partial charge in [0.05, 0.1) is 14.2 Å². The first-order valence-corrected chi connectivity index (χ1v) is 8.66. The highest BCUT2D eigenvalue weighted by Gasteiger charge is 2.16.